The lowest BCUT2D eigenvalue weighted by Gasteiger charge is -2.32. The fourth-order valence-electron chi connectivity index (χ4n) is 3.04. The van der Waals surface area contributed by atoms with Gasteiger partial charge in [-0.2, -0.15) is 0 Å². The second kappa shape index (κ2) is 12.8. The molecule has 0 spiro atoms. The van der Waals surface area contributed by atoms with Crippen LogP contribution in [0.5, 0.6) is 5.75 Å². The average Bonchev–Trinajstić information content (AvgIpc) is 2.74. The molecule has 1 saturated heterocycles. The van der Waals surface area contributed by atoms with Crippen LogP contribution < -0.4 is 15.8 Å². The molecular weight excluding hydrogens is 424 g/mol. The predicted octanol–water partition coefficient (Wildman–Crippen LogP) is 1.51. The number of rotatable bonds is 10. The zero-order chi connectivity index (χ0) is 23.5. The van der Waals surface area contributed by atoms with Crippen LogP contribution in [0.2, 0.25) is 0 Å². The second-order valence-electron chi connectivity index (χ2n) is 7.06. The van der Waals surface area contributed by atoms with E-state index in [4.69, 9.17) is 29.4 Å². The molecule has 1 aromatic rings. The van der Waals surface area contributed by atoms with E-state index < -0.39 is 36.5 Å². The monoisotopic (exact) mass is 454 g/mol. The molecule has 1 amide bonds. The standard InChI is InChI=1S/C21H30N2O9/c1-13-4-5-16(17(10-13)29-9-8-28-7-6-22)23-21(26)32-19-12-15(30-14(2)24)11-18(31-19)20(25)27-3/h4-5,10,15,18-19H,6-9,11-12,22H2,1-3H3,(H,23,26)/t15-,18?,19?/m0/s1. The van der Waals surface area contributed by atoms with Gasteiger partial charge in [0.25, 0.3) is 0 Å². The number of hydrogen-bond acceptors (Lipinski definition) is 10. The fourth-order valence-corrected chi connectivity index (χ4v) is 3.04. The summed E-state index contributed by atoms with van der Waals surface area (Å²) in [6, 6.07) is 5.24. The van der Waals surface area contributed by atoms with Gasteiger partial charge in [-0.25, -0.2) is 9.59 Å². The molecular formula is C21H30N2O9. The number of nitrogens with one attached hydrogen (secondary N) is 1. The molecule has 32 heavy (non-hydrogen) atoms. The largest absolute Gasteiger partial charge is 0.489 e. The number of ether oxygens (including phenoxy) is 6. The van der Waals surface area contributed by atoms with Gasteiger partial charge in [-0.15, -0.1) is 0 Å². The number of carbonyl (C=O) groups excluding carboxylic acids is 3. The molecule has 0 aliphatic carbocycles. The van der Waals surface area contributed by atoms with Gasteiger partial charge < -0.3 is 34.2 Å². The number of esters is 2. The third-order valence-electron chi connectivity index (χ3n) is 4.40. The highest BCUT2D eigenvalue weighted by atomic mass is 16.7. The van der Waals surface area contributed by atoms with E-state index in [0.29, 0.717) is 31.2 Å². The molecule has 3 atom stereocenters. The third kappa shape index (κ3) is 8.33. The number of hydrogen-bond donors (Lipinski definition) is 2. The summed E-state index contributed by atoms with van der Waals surface area (Å²) in [5.41, 5.74) is 6.69. The van der Waals surface area contributed by atoms with Crippen LogP contribution in [0.3, 0.4) is 0 Å². The molecule has 3 N–H and O–H groups in total. The highest BCUT2D eigenvalue weighted by molar-refractivity contribution is 5.87. The summed E-state index contributed by atoms with van der Waals surface area (Å²) in [4.78, 5) is 35.7. The van der Waals surface area contributed by atoms with Crippen molar-refractivity contribution >= 4 is 23.7 Å². The zero-order valence-electron chi connectivity index (χ0n) is 18.5. The van der Waals surface area contributed by atoms with Crippen LogP contribution in [-0.2, 0) is 33.3 Å². The van der Waals surface area contributed by atoms with Crippen molar-refractivity contribution in [3.05, 3.63) is 23.8 Å². The van der Waals surface area contributed by atoms with Crippen molar-refractivity contribution in [3.63, 3.8) is 0 Å². The number of amides is 1. The summed E-state index contributed by atoms with van der Waals surface area (Å²) >= 11 is 0. The first-order valence-corrected chi connectivity index (χ1v) is 10.2. The number of nitrogens with two attached hydrogens (primary N) is 1. The molecule has 178 valence electrons. The van der Waals surface area contributed by atoms with Gasteiger partial charge in [0.2, 0.25) is 6.29 Å². The number of aryl methyl sites for hydroxylation is 1. The molecule has 1 aliphatic heterocycles. The lowest BCUT2D eigenvalue weighted by Crippen LogP contribution is -2.44. The summed E-state index contributed by atoms with van der Waals surface area (Å²) in [6.07, 6.45) is -3.43. The maximum absolute atomic E-state index is 12.5. The lowest BCUT2D eigenvalue weighted by molar-refractivity contribution is -0.210. The van der Waals surface area contributed by atoms with Gasteiger partial charge in [0, 0.05) is 26.3 Å². The van der Waals surface area contributed by atoms with Gasteiger partial charge in [0.15, 0.2) is 6.10 Å². The Bertz CT molecular complexity index is 787. The zero-order valence-corrected chi connectivity index (χ0v) is 18.5. The van der Waals surface area contributed by atoms with E-state index in [9.17, 15) is 14.4 Å². The Balaban J connectivity index is 1.99. The Morgan fingerprint density at radius 2 is 1.94 bits per heavy atom. The smallest absolute Gasteiger partial charge is 0.414 e. The molecule has 0 bridgehead atoms. The molecule has 1 aromatic carbocycles. The SMILES string of the molecule is COC(=O)C1C[C@H](OC(C)=O)CC(OC(=O)Nc2ccc(C)cc2OCCOCCN)O1. The average molecular weight is 454 g/mol. The first-order chi connectivity index (χ1) is 15.3. The summed E-state index contributed by atoms with van der Waals surface area (Å²) in [6.45, 7) is 4.60. The Morgan fingerprint density at radius 1 is 1.16 bits per heavy atom. The van der Waals surface area contributed by atoms with E-state index in [1.165, 1.54) is 14.0 Å². The number of anilines is 1. The van der Waals surface area contributed by atoms with E-state index in [0.717, 1.165) is 5.56 Å². The van der Waals surface area contributed by atoms with E-state index >= 15 is 0 Å². The maximum atomic E-state index is 12.5. The van der Waals surface area contributed by atoms with Gasteiger partial charge in [-0.3, -0.25) is 10.1 Å². The summed E-state index contributed by atoms with van der Waals surface area (Å²) < 4.78 is 31.6. The minimum absolute atomic E-state index is 0.0796. The minimum Gasteiger partial charge on any atom is -0.489 e. The number of methoxy groups -OCH3 is 1. The van der Waals surface area contributed by atoms with Crippen molar-refractivity contribution < 1.29 is 42.8 Å². The molecule has 0 aromatic heterocycles. The summed E-state index contributed by atoms with van der Waals surface area (Å²) in [5, 5.41) is 2.60. The Kier molecular flexibility index (Phi) is 10.2. The highest BCUT2D eigenvalue weighted by Crippen LogP contribution is 2.28. The van der Waals surface area contributed by atoms with Crippen molar-refractivity contribution in [2.75, 3.05) is 38.8 Å². The van der Waals surface area contributed by atoms with Gasteiger partial charge in [0.1, 0.15) is 18.5 Å². The molecule has 0 radical (unpaired) electrons. The molecule has 1 fully saturated rings. The van der Waals surface area contributed by atoms with Crippen LogP contribution in [0.15, 0.2) is 18.2 Å². The van der Waals surface area contributed by atoms with Crippen LogP contribution >= 0.6 is 0 Å². The predicted molar refractivity (Wildman–Crippen MR) is 112 cm³/mol. The Hall–Kier alpha value is -2.89. The Labute approximate surface area is 186 Å². The summed E-state index contributed by atoms with van der Waals surface area (Å²) in [7, 11) is 1.21. The fraction of sp³-hybridized carbons (Fsp3) is 0.571. The van der Waals surface area contributed by atoms with Gasteiger partial charge in [0.05, 0.1) is 26.0 Å². The van der Waals surface area contributed by atoms with E-state index in [1.54, 1.807) is 18.2 Å². The first-order valence-electron chi connectivity index (χ1n) is 10.2. The van der Waals surface area contributed by atoms with Crippen molar-refractivity contribution in [2.45, 2.75) is 45.2 Å². The van der Waals surface area contributed by atoms with Gasteiger partial charge >= 0.3 is 18.0 Å². The molecule has 0 saturated carbocycles. The highest BCUT2D eigenvalue weighted by Gasteiger charge is 2.38. The lowest BCUT2D eigenvalue weighted by atomic mass is 10.0. The van der Waals surface area contributed by atoms with Crippen LogP contribution in [0, 0.1) is 6.92 Å². The molecule has 2 unspecified atom stereocenters. The van der Waals surface area contributed by atoms with Gasteiger partial charge in [-0.05, 0) is 24.6 Å². The van der Waals surface area contributed by atoms with Crippen LogP contribution in [0.4, 0.5) is 10.5 Å². The van der Waals surface area contributed by atoms with Crippen molar-refractivity contribution in [1.29, 1.82) is 0 Å². The van der Waals surface area contributed by atoms with E-state index in [1.807, 2.05) is 6.92 Å². The van der Waals surface area contributed by atoms with E-state index in [-0.39, 0.29) is 19.4 Å². The number of carbonyl (C=O) groups is 3. The van der Waals surface area contributed by atoms with Crippen molar-refractivity contribution in [2.24, 2.45) is 5.73 Å². The quantitative estimate of drug-likeness (QED) is 0.303. The third-order valence-corrected chi connectivity index (χ3v) is 4.40. The minimum atomic E-state index is -1.11. The topological polar surface area (TPSA) is 145 Å². The summed E-state index contributed by atoms with van der Waals surface area (Å²) in [5.74, 6) is -0.726. The molecule has 11 heteroatoms. The Morgan fingerprint density at radius 3 is 2.62 bits per heavy atom. The van der Waals surface area contributed by atoms with Crippen molar-refractivity contribution in [1.82, 2.24) is 0 Å². The normalized spacial score (nSPS) is 20.2. The maximum Gasteiger partial charge on any atom is 0.414 e. The van der Waals surface area contributed by atoms with Crippen LogP contribution in [0.25, 0.3) is 0 Å². The molecule has 1 heterocycles. The van der Waals surface area contributed by atoms with E-state index in [2.05, 4.69) is 10.1 Å². The molecule has 2 rings (SSSR count). The first kappa shape index (κ1) is 25.4. The second-order valence-corrected chi connectivity index (χ2v) is 7.06. The van der Waals surface area contributed by atoms with Crippen molar-refractivity contribution in [3.8, 4) is 5.75 Å². The van der Waals surface area contributed by atoms with Crippen LogP contribution in [0.1, 0.15) is 25.3 Å². The molecule has 11 nitrogen and oxygen atoms in total. The van der Waals surface area contributed by atoms with Gasteiger partial charge in [-0.1, -0.05) is 6.07 Å². The number of benzene rings is 1. The van der Waals surface area contributed by atoms with Crippen LogP contribution in [-0.4, -0.2) is 70.0 Å². The molecule has 1 aliphatic rings.